The second-order valence-corrected chi connectivity index (χ2v) is 26.2. The van der Waals surface area contributed by atoms with Crippen LogP contribution in [0.1, 0.15) is 75.6 Å². The average Bonchev–Trinajstić information content (AvgIpc) is 1.70. The zero-order chi connectivity index (χ0) is 69.5. The van der Waals surface area contributed by atoms with Crippen molar-refractivity contribution in [2.75, 3.05) is 61.2 Å². The standard InChI is InChI=1S/C71H73N9O18S/c1-80(2,37-42-13-16-53(17-14-42)97-99(88,89)98-63-28-48(68(85)73-19-21-92-22-20-76-77-72)15-18-58(63)95-71-67(84)66(83)65(82)64(39-81)96-71)38-43-23-44(40-93-61-31-56-54(29-59(61)90-3)69(86)78-35-49-11-7-5-9-46(49)26-51(78)33-74-56)25-45(24-43)41-94-62-32-57-55(30-60(62)91-4)70(87)79-36-50-12-8-6-10-47(50)27-52(79)34-75-57/h5-18,23-25,28-34,51-52,64-67,71,81-84H,19-22,26-27,35-41H2,1-4H3/p+1/t51?,52?,64-,65+,66+,67-,71?/m1/s1. The molecule has 5 aliphatic heterocycles. The summed E-state index contributed by atoms with van der Waals surface area (Å²) in [5.74, 6) is -0.700. The Labute approximate surface area is 570 Å². The van der Waals surface area contributed by atoms with Gasteiger partial charge in [-0.25, -0.2) is 0 Å². The molecule has 3 unspecified atom stereocenters. The van der Waals surface area contributed by atoms with E-state index < -0.39 is 65.1 Å². The molecule has 7 atom stereocenters. The van der Waals surface area contributed by atoms with Gasteiger partial charge in [-0.1, -0.05) is 53.6 Å². The monoisotopic (exact) mass is 1370 g/mol. The smallest absolute Gasteiger partial charge is 0.493 e. The quantitative estimate of drug-likeness (QED) is 0.0118. The Morgan fingerprint density at radius 1 is 0.657 bits per heavy atom. The Hall–Kier alpha value is -10.1. The van der Waals surface area contributed by atoms with Gasteiger partial charge in [-0.05, 0) is 125 Å². The summed E-state index contributed by atoms with van der Waals surface area (Å²) in [5.41, 5.74) is 17.8. The number of aliphatic imine (C=N–C) groups is 2. The lowest BCUT2D eigenvalue weighted by atomic mass is 9.94. The Kier molecular flexibility index (Phi) is 20.8. The van der Waals surface area contributed by atoms with Crippen molar-refractivity contribution < 1.29 is 89.2 Å². The number of hydrogen-bond acceptors (Lipinski definition) is 21. The van der Waals surface area contributed by atoms with E-state index in [4.69, 9.17) is 57.0 Å². The summed E-state index contributed by atoms with van der Waals surface area (Å²) in [6.45, 7) is 1.38. The van der Waals surface area contributed by atoms with Crippen LogP contribution in [-0.2, 0) is 72.1 Å². The Bertz CT molecular complexity index is 4250. The summed E-state index contributed by atoms with van der Waals surface area (Å²) in [6.07, 6.45) is -3.66. The van der Waals surface area contributed by atoms with Crippen molar-refractivity contribution >= 4 is 51.9 Å². The summed E-state index contributed by atoms with van der Waals surface area (Å²) in [4.78, 5) is 57.8. The number of carbonyl (C=O) groups is 3. The minimum absolute atomic E-state index is 0.0139. The van der Waals surface area contributed by atoms with Crippen LogP contribution in [0.5, 0.6) is 40.2 Å². The van der Waals surface area contributed by atoms with Crippen LogP contribution in [0.3, 0.4) is 0 Å². The SMILES string of the molecule is COc1cc2c(cc1OCc1cc(COc3cc4c(cc3OC)C(=O)N3Cc5ccccc5CC3C=N4)cc(C[N+](C)(C)Cc3ccc(OS(=O)(=O)Oc4cc(C(=O)NCCOCCN=[N+]=[N-])ccc4OC4O[C@H](CO)[C@H](O)[C@H](O)[C@H]4O)cc3)c1)N=CC1Cc3ccccc3CN1C2=O. The fourth-order valence-electron chi connectivity index (χ4n) is 12.7. The van der Waals surface area contributed by atoms with Crippen molar-refractivity contribution in [3.63, 3.8) is 0 Å². The van der Waals surface area contributed by atoms with Crippen molar-refractivity contribution in [1.82, 2.24) is 15.1 Å². The largest absolute Gasteiger partial charge is 0.501 e. The lowest BCUT2D eigenvalue weighted by Crippen LogP contribution is -2.60. The maximum atomic E-state index is 14.3. The maximum Gasteiger partial charge on any atom is 0.501 e. The molecule has 0 spiro atoms. The maximum absolute atomic E-state index is 14.3. The zero-order valence-corrected chi connectivity index (χ0v) is 55.4. The van der Waals surface area contributed by atoms with E-state index in [2.05, 4.69) is 27.5 Å². The summed E-state index contributed by atoms with van der Waals surface area (Å²) in [5, 5.41) is 47.3. The number of methoxy groups -OCH3 is 2. The summed E-state index contributed by atoms with van der Waals surface area (Å²) < 4.78 is 80.3. The Morgan fingerprint density at radius 2 is 1.21 bits per heavy atom. The minimum atomic E-state index is -5.04. The molecule has 0 radical (unpaired) electrons. The normalized spacial score (nSPS) is 19.9. The van der Waals surface area contributed by atoms with Crippen molar-refractivity contribution in [2.24, 2.45) is 15.1 Å². The van der Waals surface area contributed by atoms with Gasteiger partial charge in [-0.2, -0.15) is 0 Å². The molecule has 28 heteroatoms. The molecule has 12 rings (SSSR count). The first-order valence-corrected chi connectivity index (χ1v) is 33.3. The number of azide groups is 1. The van der Waals surface area contributed by atoms with Crippen LogP contribution in [0.25, 0.3) is 10.4 Å². The molecule has 1 saturated heterocycles. The zero-order valence-electron chi connectivity index (χ0n) is 54.6. The van der Waals surface area contributed by atoms with E-state index in [1.807, 2.05) is 90.9 Å². The first-order chi connectivity index (χ1) is 47.8. The molecule has 0 aliphatic carbocycles. The third-order valence-electron chi connectivity index (χ3n) is 17.6. The third-order valence-corrected chi connectivity index (χ3v) is 18.3. The minimum Gasteiger partial charge on any atom is -0.493 e. The van der Waals surface area contributed by atoms with Crippen LogP contribution >= 0.6 is 0 Å². The van der Waals surface area contributed by atoms with Crippen molar-refractivity contribution in [2.45, 2.75) is 95.0 Å². The second kappa shape index (κ2) is 29.9. The first-order valence-electron chi connectivity index (χ1n) is 31.9. The third kappa shape index (κ3) is 15.9. The number of aliphatic hydroxyl groups excluding tert-OH is 4. The van der Waals surface area contributed by atoms with Gasteiger partial charge in [0.2, 0.25) is 6.29 Å². The van der Waals surface area contributed by atoms with Crippen LogP contribution in [0, 0.1) is 0 Å². The summed E-state index contributed by atoms with van der Waals surface area (Å²) >= 11 is 0. The Morgan fingerprint density at radius 3 is 1.77 bits per heavy atom. The molecular weight excluding hydrogens is 1300 g/mol. The summed E-state index contributed by atoms with van der Waals surface area (Å²) in [7, 11) is 2.06. The van der Waals surface area contributed by atoms with Crippen molar-refractivity contribution in [1.29, 1.82) is 0 Å². The number of nitrogens with zero attached hydrogens (tertiary/aromatic N) is 8. The van der Waals surface area contributed by atoms with Crippen LogP contribution in [-0.4, -0.2) is 177 Å². The fraction of sp³-hybridized carbons (Fsp3) is 0.338. The predicted molar refractivity (Wildman–Crippen MR) is 359 cm³/mol. The highest BCUT2D eigenvalue weighted by Crippen LogP contribution is 2.42. The highest BCUT2D eigenvalue weighted by Gasteiger charge is 2.45. The molecule has 0 aromatic heterocycles. The van der Waals surface area contributed by atoms with Gasteiger partial charge in [0, 0.05) is 72.3 Å². The lowest BCUT2D eigenvalue weighted by Gasteiger charge is -2.39. The number of fused-ring (bicyclic) bond motifs is 6. The highest BCUT2D eigenvalue weighted by molar-refractivity contribution is 7.82. The number of quaternary nitrogens is 1. The van der Waals surface area contributed by atoms with E-state index >= 15 is 0 Å². The number of carbonyl (C=O) groups excluding carboxylic acids is 3. The van der Waals surface area contributed by atoms with Gasteiger partial charge in [0.25, 0.3) is 17.7 Å². The molecular formula is C71H74N9O18S+. The van der Waals surface area contributed by atoms with Crippen LogP contribution < -0.4 is 37.4 Å². The van der Waals surface area contributed by atoms with Crippen LogP contribution in [0.4, 0.5) is 11.4 Å². The van der Waals surface area contributed by atoms with Gasteiger partial charge in [0.05, 0.1) is 82.7 Å². The number of nitrogens with one attached hydrogen (secondary N) is 1. The van der Waals surface area contributed by atoms with Gasteiger partial charge >= 0.3 is 10.4 Å². The first kappa shape index (κ1) is 68.8. The van der Waals surface area contributed by atoms with E-state index in [0.717, 1.165) is 45.5 Å². The van der Waals surface area contributed by atoms with Crippen LogP contribution in [0.2, 0.25) is 0 Å². The van der Waals surface area contributed by atoms with Crippen LogP contribution in [0.15, 0.2) is 149 Å². The molecule has 27 nitrogen and oxygen atoms in total. The van der Waals surface area contributed by atoms with Crippen molar-refractivity contribution in [3.05, 3.63) is 205 Å². The van der Waals surface area contributed by atoms with E-state index in [1.54, 1.807) is 36.4 Å². The lowest BCUT2D eigenvalue weighted by molar-refractivity contribution is -0.916. The molecule has 516 valence electrons. The molecule has 0 saturated carbocycles. The highest BCUT2D eigenvalue weighted by atomic mass is 32.3. The molecule has 7 aromatic rings. The number of benzene rings is 7. The Balaban J connectivity index is 0.769. The molecule has 0 bridgehead atoms. The second-order valence-electron chi connectivity index (χ2n) is 25.0. The van der Waals surface area contributed by atoms with Crippen molar-refractivity contribution in [3.8, 4) is 40.2 Å². The van der Waals surface area contributed by atoms with E-state index in [-0.39, 0.29) is 74.7 Å². The molecule has 5 aliphatic rings. The number of ether oxygens (including phenoxy) is 7. The number of aliphatic hydroxyl groups is 4. The average molecular weight is 1370 g/mol. The van der Waals surface area contributed by atoms with Gasteiger partial charge in [0.1, 0.15) is 56.5 Å². The molecule has 5 N–H and O–H groups in total. The van der Waals surface area contributed by atoms with Gasteiger partial charge in [-0.3, -0.25) is 24.4 Å². The number of rotatable bonds is 26. The van der Waals surface area contributed by atoms with E-state index in [1.165, 1.54) is 43.5 Å². The molecule has 3 amide bonds. The molecule has 7 aromatic carbocycles. The molecule has 1 fully saturated rings. The van der Waals surface area contributed by atoms with Gasteiger partial charge < -0.3 is 81.5 Å². The number of amides is 3. The topological polar surface area (TPSA) is 341 Å². The van der Waals surface area contributed by atoms with E-state index in [0.29, 0.717) is 89.0 Å². The van der Waals surface area contributed by atoms with Gasteiger partial charge in [0.15, 0.2) is 34.5 Å². The van der Waals surface area contributed by atoms with E-state index in [9.17, 15) is 43.2 Å². The number of hydrogen-bond donors (Lipinski definition) is 5. The predicted octanol–water partition coefficient (Wildman–Crippen LogP) is 7.14. The fourth-order valence-corrected chi connectivity index (χ4v) is 13.4. The molecule has 99 heavy (non-hydrogen) atoms. The summed E-state index contributed by atoms with van der Waals surface area (Å²) in [6, 6.07) is 38.3. The molecule has 5 heterocycles. The van der Waals surface area contributed by atoms with Gasteiger partial charge in [-0.15, -0.1) is 8.42 Å².